The first kappa shape index (κ1) is 20.2. The number of hydrogen-bond donors (Lipinski definition) is 2. The second-order valence-electron chi connectivity index (χ2n) is 6.39. The maximum atomic E-state index is 12.8. The van der Waals surface area contributed by atoms with E-state index in [1.54, 1.807) is 12.1 Å². The zero-order valence-electron chi connectivity index (χ0n) is 14.0. The number of aryl methyl sites for hydroxylation is 1. The molecule has 0 fully saturated rings. The van der Waals surface area contributed by atoms with E-state index in [1.165, 1.54) is 23.9 Å². The summed E-state index contributed by atoms with van der Waals surface area (Å²) in [5.74, 6) is 0. The van der Waals surface area contributed by atoms with Crippen molar-refractivity contribution in [3.63, 3.8) is 0 Å². The lowest BCUT2D eigenvalue weighted by Crippen LogP contribution is -2.40. The van der Waals surface area contributed by atoms with Crippen molar-refractivity contribution in [2.75, 3.05) is 6.61 Å². The molecule has 136 valence electrons. The Morgan fingerprint density at radius 2 is 1.92 bits per heavy atom. The summed E-state index contributed by atoms with van der Waals surface area (Å²) < 4.78 is 25.6. The van der Waals surface area contributed by atoms with Gasteiger partial charge < -0.3 is 10.8 Å². The molecule has 0 heterocycles. The van der Waals surface area contributed by atoms with E-state index in [2.05, 4.69) is 0 Å². The summed E-state index contributed by atoms with van der Waals surface area (Å²) in [6.45, 7) is 1.77. The van der Waals surface area contributed by atoms with E-state index >= 15 is 0 Å². The van der Waals surface area contributed by atoms with Crippen LogP contribution in [0.4, 0.5) is 8.78 Å². The number of alkyl halides is 2. The zero-order chi connectivity index (χ0) is 18.4. The molecule has 2 rings (SSSR count). The molecular weight excluding hydrogens is 364 g/mol. The molecule has 2 aromatic rings. The molecule has 0 aliphatic carbocycles. The summed E-state index contributed by atoms with van der Waals surface area (Å²) in [6, 6.07) is 12.1. The molecule has 6 heteroatoms. The average Bonchev–Trinajstić information content (AvgIpc) is 2.57. The van der Waals surface area contributed by atoms with Crippen LogP contribution in [0.2, 0.25) is 5.02 Å². The fourth-order valence-electron chi connectivity index (χ4n) is 2.41. The normalized spacial score (nSPS) is 13.9. The lowest BCUT2D eigenvalue weighted by molar-refractivity contribution is 0.151. The first-order valence-corrected chi connectivity index (χ1v) is 9.24. The first-order valence-electron chi connectivity index (χ1n) is 8.05. The molecule has 0 aliphatic heterocycles. The van der Waals surface area contributed by atoms with Crippen molar-refractivity contribution in [3.8, 4) is 0 Å². The Morgan fingerprint density at radius 1 is 1.20 bits per heavy atom. The van der Waals surface area contributed by atoms with Gasteiger partial charge in [0.25, 0.3) is 6.43 Å². The maximum Gasteiger partial charge on any atom is 0.263 e. The van der Waals surface area contributed by atoms with E-state index in [9.17, 15) is 13.9 Å². The van der Waals surface area contributed by atoms with Crippen molar-refractivity contribution in [1.29, 1.82) is 0 Å². The quantitative estimate of drug-likeness (QED) is 0.634. The van der Waals surface area contributed by atoms with Gasteiger partial charge in [-0.15, -0.1) is 0 Å². The van der Waals surface area contributed by atoms with Crippen LogP contribution in [0.15, 0.2) is 52.3 Å². The van der Waals surface area contributed by atoms with Crippen molar-refractivity contribution in [1.82, 2.24) is 0 Å². The van der Waals surface area contributed by atoms with Gasteiger partial charge in [0, 0.05) is 25.9 Å². The van der Waals surface area contributed by atoms with Gasteiger partial charge >= 0.3 is 0 Å². The molecule has 0 aliphatic rings. The van der Waals surface area contributed by atoms with Crippen LogP contribution in [0, 0.1) is 0 Å². The summed E-state index contributed by atoms with van der Waals surface area (Å²) in [7, 11) is 0. The van der Waals surface area contributed by atoms with Crippen LogP contribution in [0.25, 0.3) is 0 Å². The van der Waals surface area contributed by atoms with E-state index in [-0.39, 0.29) is 12.2 Å². The van der Waals surface area contributed by atoms with Crippen LogP contribution in [0.1, 0.15) is 37.3 Å². The Hall–Kier alpha value is -1.14. The van der Waals surface area contributed by atoms with Crippen LogP contribution in [-0.4, -0.2) is 17.3 Å². The minimum Gasteiger partial charge on any atom is -0.394 e. The molecule has 0 unspecified atom stereocenters. The molecule has 0 radical (unpaired) electrons. The molecule has 0 bridgehead atoms. The Balaban J connectivity index is 2.00. The van der Waals surface area contributed by atoms with Gasteiger partial charge in [0.1, 0.15) is 0 Å². The van der Waals surface area contributed by atoms with Crippen LogP contribution in [0.3, 0.4) is 0 Å². The van der Waals surface area contributed by atoms with Gasteiger partial charge in [-0.05, 0) is 56.0 Å². The third-order valence-electron chi connectivity index (χ3n) is 3.93. The third kappa shape index (κ3) is 6.26. The van der Waals surface area contributed by atoms with Crippen molar-refractivity contribution in [2.24, 2.45) is 5.73 Å². The molecule has 0 saturated carbocycles. The largest absolute Gasteiger partial charge is 0.394 e. The number of aliphatic hydroxyl groups is 1. The second kappa shape index (κ2) is 8.99. The average molecular weight is 386 g/mol. The van der Waals surface area contributed by atoms with E-state index in [0.29, 0.717) is 11.4 Å². The third-order valence-corrected chi connectivity index (χ3v) is 5.26. The fraction of sp³-hybridized carbons (Fsp3) is 0.368. The van der Waals surface area contributed by atoms with Gasteiger partial charge in [-0.2, -0.15) is 0 Å². The zero-order valence-corrected chi connectivity index (χ0v) is 15.6. The Kier molecular flexibility index (Phi) is 7.25. The molecule has 0 amide bonds. The SMILES string of the molecule is C[C@](N)(CO)CCCc1ccc(Sc2cccc(C(F)F)c2)cc1Cl. The lowest BCUT2D eigenvalue weighted by Gasteiger charge is -2.21. The summed E-state index contributed by atoms with van der Waals surface area (Å²) >= 11 is 7.75. The van der Waals surface area contributed by atoms with Crippen LogP contribution in [0.5, 0.6) is 0 Å². The second-order valence-corrected chi connectivity index (χ2v) is 7.95. The van der Waals surface area contributed by atoms with E-state index in [4.69, 9.17) is 17.3 Å². The topological polar surface area (TPSA) is 46.2 Å². The standard InChI is InChI=1S/C19H22ClF2NOS/c1-19(23,12-24)9-3-5-13-7-8-16(11-17(13)20)25-15-6-2-4-14(10-15)18(21)22/h2,4,6-8,10-11,18,24H,3,5,9,12,23H2,1H3/t19-/m1/s1. The van der Waals surface area contributed by atoms with E-state index in [1.807, 2.05) is 25.1 Å². The summed E-state index contributed by atoms with van der Waals surface area (Å²) in [4.78, 5) is 1.66. The monoisotopic (exact) mass is 385 g/mol. The number of rotatable bonds is 8. The van der Waals surface area contributed by atoms with Crippen LogP contribution >= 0.6 is 23.4 Å². The Labute approximate surface area is 156 Å². The van der Waals surface area contributed by atoms with Crippen molar-refractivity contribution in [3.05, 3.63) is 58.6 Å². The van der Waals surface area contributed by atoms with E-state index < -0.39 is 12.0 Å². The molecule has 2 nitrogen and oxygen atoms in total. The van der Waals surface area contributed by atoms with Crippen molar-refractivity contribution < 1.29 is 13.9 Å². The Morgan fingerprint density at radius 3 is 2.56 bits per heavy atom. The number of nitrogens with two attached hydrogens (primary N) is 1. The highest BCUT2D eigenvalue weighted by Gasteiger charge is 2.16. The summed E-state index contributed by atoms with van der Waals surface area (Å²) in [5, 5.41) is 9.83. The molecule has 2 aromatic carbocycles. The first-order chi connectivity index (χ1) is 11.8. The van der Waals surface area contributed by atoms with Gasteiger partial charge in [0.15, 0.2) is 0 Å². The highest BCUT2D eigenvalue weighted by atomic mass is 35.5. The number of aliphatic hydroxyl groups excluding tert-OH is 1. The van der Waals surface area contributed by atoms with Gasteiger partial charge in [0.2, 0.25) is 0 Å². The number of halogens is 3. The summed E-state index contributed by atoms with van der Waals surface area (Å²) in [6.07, 6.45) is -0.164. The molecule has 0 aromatic heterocycles. The van der Waals surface area contributed by atoms with Crippen molar-refractivity contribution >= 4 is 23.4 Å². The van der Waals surface area contributed by atoms with Gasteiger partial charge in [-0.1, -0.05) is 41.6 Å². The highest BCUT2D eigenvalue weighted by Crippen LogP contribution is 2.33. The lowest BCUT2D eigenvalue weighted by atomic mass is 9.95. The van der Waals surface area contributed by atoms with Crippen LogP contribution in [-0.2, 0) is 6.42 Å². The molecule has 3 N–H and O–H groups in total. The minimum absolute atomic E-state index is 0.0152. The van der Waals surface area contributed by atoms with Gasteiger partial charge in [-0.3, -0.25) is 0 Å². The predicted molar refractivity (Wildman–Crippen MR) is 99.6 cm³/mol. The number of hydrogen-bond acceptors (Lipinski definition) is 3. The maximum absolute atomic E-state index is 12.8. The highest BCUT2D eigenvalue weighted by molar-refractivity contribution is 7.99. The smallest absolute Gasteiger partial charge is 0.263 e. The molecule has 0 spiro atoms. The van der Waals surface area contributed by atoms with Crippen LogP contribution < -0.4 is 5.73 Å². The van der Waals surface area contributed by atoms with E-state index in [0.717, 1.165) is 28.2 Å². The van der Waals surface area contributed by atoms with Gasteiger partial charge in [0.05, 0.1) is 6.61 Å². The number of benzene rings is 2. The molecular formula is C19H22ClF2NOS. The van der Waals surface area contributed by atoms with Gasteiger partial charge in [-0.25, -0.2) is 8.78 Å². The predicted octanol–water partition coefficient (Wildman–Crippen LogP) is 5.46. The fourth-order valence-corrected chi connectivity index (χ4v) is 3.67. The molecule has 1 atom stereocenters. The molecule has 25 heavy (non-hydrogen) atoms. The van der Waals surface area contributed by atoms with Crippen molar-refractivity contribution in [2.45, 2.75) is 47.9 Å². The minimum atomic E-state index is -2.47. The molecule has 0 saturated heterocycles. The Bertz CT molecular complexity index is 710. The summed E-state index contributed by atoms with van der Waals surface area (Å²) in [5.41, 5.74) is 6.38.